The van der Waals surface area contributed by atoms with Crippen LogP contribution in [0, 0.1) is 6.92 Å². The van der Waals surface area contributed by atoms with Gasteiger partial charge in [0, 0.05) is 40.9 Å². The maximum atomic E-state index is 12.4. The van der Waals surface area contributed by atoms with Crippen molar-refractivity contribution in [2.75, 3.05) is 5.32 Å². The summed E-state index contributed by atoms with van der Waals surface area (Å²) in [6.45, 7) is 6.14. The first-order chi connectivity index (χ1) is 13.9. The summed E-state index contributed by atoms with van der Waals surface area (Å²) in [4.78, 5) is 21.4. The normalized spacial score (nSPS) is 14.6. The molecule has 6 nitrogen and oxygen atoms in total. The number of hydrogen-bond donors (Lipinski definition) is 3. The van der Waals surface area contributed by atoms with Crippen molar-refractivity contribution in [1.82, 2.24) is 15.3 Å². The van der Waals surface area contributed by atoms with E-state index in [-0.39, 0.29) is 17.7 Å². The Morgan fingerprint density at radius 3 is 2.76 bits per heavy atom. The summed E-state index contributed by atoms with van der Waals surface area (Å²) in [6, 6.07) is 9.69. The van der Waals surface area contributed by atoms with Crippen LogP contribution in [0.4, 0.5) is 5.95 Å². The zero-order valence-corrected chi connectivity index (χ0v) is 17.0. The number of carbonyl (C=O) groups is 1. The van der Waals surface area contributed by atoms with Crippen molar-refractivity contribution >= 4 is 22.8 Å². The second-order valence-corrected chi connectivity index (χ2v) is 7.85. The Kier molecular flexibility index (Phi) is 5.09. The number of anilines is 1. The topological polar surface area (TPSA) is 87.1 Å². The molecule has 3 N–H and O–H groups in total. The average molecular weight is 390 g/mol. The minimum absolute atomic E-state index is 0.0712. The Bertz CT molecular complexity index is 1080. The molecular formula is C23H26N4O2. The highest BCUT2D eigenvalue weighted by molar-refractivity contribution is 5.97. The van der Waals surface area contributed by atoms with Gasteiger partial charge in [0.1, 0.15) is 5.75 Å². The third-order valence-corrected chi connectivity index (χ3v) is 5.39. The second kappa shape index (κ2) is 7.70. The van der Waals surface area contributed by atoms with Crippen molar-refractivity contribution in [3.05, 3.63) is 47.7 Å². The van der Waals surface area contributed by atoms with Gasteiger partial charge in [0.25, 0.3) is 5.91 Å². The quantitative estimate of drug-likeness (QED) is 0.580. The number of aromatic nitrogens is 2. The Balaban J connectivity index is 1.70. The van der Waals surface area contributed by atoms with E-state index in [4.69, 9.17) is 0 Å². The van der Waals surface area contributed by atoms with Gasteiger partial charge in [0.05, 0.1) is 5.52 Å². The lowest BCUT2D eigenvalue weighted by molar-refractivity contribution is 0.0951. The number of nitrogens with zero attached hydrogens (tertiary/aromatic N) is 2. The van der Waals surface area contributed by atoms with Crippen LogP contribution in [0.25, 0.3) is 22.0 Å². The molecule has 3 aromatic rings. The molecule has 1 fully saturated rings. The molecule has 2 aromatic carbocycles. The molecule has 4 rings (SSSR count). The second-order valence-electron chi connectivity index (χ2n) is 7.85. The molecule has 6 heteroatoms. The number of fused-ring (bicyclic) bond motifs is 1. The summed E-state index contributed by atoms with van der Waals surface area (Å²) in [7, 11) is 0. The average Bonchev–Trinajstić information content (AvgIpc) is 3.51. The van der Waals surface area contributed by atoms with Crippen LogP contribution in [0.15, 0.2) is 36.5 Å². The number of phenols is 1. The molecule has 0 spiro atoms. The molecule has 0 radical (unpaired) electrons. The van der Waals surface area contributed by atoms with Crippen LogP contribution in [-0.4, -0.2) is 33.1 Å². The third kappa shape index (κ3) is 4.16. The number of phenolic OH excluding ortho intramolecular Hbond substituents is 1. The maximum Gasteiger partial charge on any atom is 0.251 e. The van der Waals surface area contributed by atoms with Crippen LogP contribution in [0.3, 0.4) is 0 Å². The zero-order chi connectivity index (χ0) is 20.5. The Morgan fingerprint density at radius 2 is 2.03 bits per heavy atom. The van der Waals surface area contributed by atoms with E-state index in [9.17, 15) is 9.90 Å². The summed E-state index contributed by atoms with van der Waals surface area (Å²) in [5, 5.41) is 17.8. The number of benzene rings is 2. The highest BCUT2D eigenvalue weighted by atomic mass is 16.3. The molecule has 1 amide bonds. The first-order valence-corrected chi connectivity index (χ1v) is 10.1. The molecule has 0 bridgehead atoms. The number of amides is 1. The Morgan fingerprint density at radius 1 is 1.24 bits per heavy atom. The largest absolute Gasteiger partial charge is 0.507 e. The molecule has 150 valence electrons. The summed E-state index contributed by atoms with van der Waals surface area (Å²) in [5.74, 6) is 0.612. The Hall–Kier alpha value is -3.15. The van der Waals surface area contributed by atoms with Gasteiger partial charge >= 0.3 is 0 Å². The van der Waals surface area contributed by atoms with Crippen molar-refractivity contribution in [2.45, 2.75) is 52.1 Å². The lowest BCUT2D eigenvalue weighted by atomic mass is 9.96. The molecule has 0 aliphatic heterocycles. The molecule has 29 heavy (non-hydrogen) atoms. The number of aromatic hydroxyl groups is 1. The zero-order valence-electron chi connectivity index (χ0n) is 17.0. The lowest BCUT2D eigenvalue weighted by Gasteiger charge is -2.14. The number of aryl methyl sites for hydroxylation is 1. The van der Waals surface area contributed by atoms with E-state index in [1.165, 1.54) is 0 Å². The fraction of sp³-hybridized carbons (Fsp3) is 0.348. The molecule has 1 heterocycles. The van der Waals surface area contributed by atoms with Crippen LogP contribution in [-0.2, 0) is 0 Å². The monoisotopic (exact) mass is 390 g/mol. The third-order valence-electron chi connectivity index (χ3n) is 5.39. The van der Waals surface area contributed by atoms with Crippen molar-refractivity contribution in [3.8, 4) is 16.9 Å². The van der Waals surface area contributed by atoms with Gasteiger partial charge in [-0.3, -0.25) is 4.79 Å². The van der Waals surface area contributed by atoms with Gasteiger partial charge in [-0.05, 0) is 62.4 Å². The summed E-state index contributed by atoms with van der Waals surface area (Å²) in [5.41, 5.74) is 3.75. The minimum Gasteiger partial charge on any atom is -0.507 e. The number of hydrogen-bond acceptors (Lipinski definition) is 5. The SMILES string of the molecule is CCC(C)Nc1ncc2cc(-c3cc(C(=O)NC4CC4)ccc3C)c(O)cc2n1. The fourth-order valence-corrected chi connectivity index (χ4v) is 3.23. The van der Waals surface area contributed by atoms with Gasteiger partial charge in [-0.15, -0.1) is 0 Å². The summed E-state index contributed by atoms with van der Waals surface area (Å²) < 4.78 is 0. The van der Waals surface area contributed by atoms with Crippen molar-refractivity contribution in [3.63, 3.8) is 0 Å². The smallest absolute Gasteiger partial charge is 0.251 e. The van der Waals surface area contributed by atoms with Gasteiger partial charge < -0.3 is 15.7 Å². The predicted octanol–water partition coefficient (Wildman–Crippen LogP) is 4.41. The molecule has 1 aliphatic rings. The molecule has 1 aliphatic carbocycles. The van der Waals surface area contributed by atoms with Crippen molar-refractivity contribution < 1.29 is 9.90 Å². The van der Waals surface area contributed by atoms with Crippen molar-refractivity contribution in [1.29, 1.82) is 0 Å². The molecule has 1 unspecified atom stereocenters. The molecule has 1 saturated carbocycles. The van der Waals surface area contributed by atoms with Crippen LogP contribution in [0.5, 0.6) is 5.75 Å². The standard InChI is InChI=1S/C23H26N4O2/c1-4-14(3)25-23-24-12-16-10-19(21(28)11-20(16)27-23)18-9-15(6-5-13(18)2)22(29)26-17-7-8-17/h5-6,9-12,14,17,28H,4,7-8H2,1-3H3,(H,26,29)(H,24,25,27). The van der Waals surface area contributed by atoms with E-state index in [2.05, 4.69) is 34.4 Å². The van der Waals surface area contributed by atoms with E-state index >= 15 is 0 Å². The maximum absolute atomic E-state index is 12.4. The number of nitrogens with one attached hydrogen (secondary N) is 2. The number of carbonyl (C=O) groups excluding carboxylic acids is 1. The van der Waals surface area contributed by atoms with Crippen LogP contribution in [0.2, 0.25) is 0 Å². The van der Waals surface area contributed by atoms with Gasteiger partial charge in [-0.25, -0.2) is 9.97 Å². The van der Waals surface area contributed by atoms with E-state index < -0.39 is 0 Å². The molecule has 0 saturated heterocycles. The van der Waals surface area contributed by atoms with Crippen LogP contribution < -0.4 is 10.6 Å². The van der Waals surface area contributed by atoms with Crippen LogP contribution >= 0.6 is 0 Å². The van der Waals surface area contributed by atoms with E-state index in [1.54, 1.807) is 12.3 Å². The molecule has 1 atom stereocenters. The van der Waals surface area contributed by atoms with Gasteiger partial charge in [-0.1, -0.05) is 13.0 Å². The number of rotatable bonds is 6. The van der Waals surface area contributed by atoms with Gasteiger partial charge in [-0.2, -0.15) is 0 Å². The minimum atomic E-state index is -0.0712. The highest BCUT2D eigenvalue weighted by Gasteiger charge is 2.24. The molecular weight excluding hydrogens is 364 g/mol. The van der Waals surface area contributed by atoms with Gasteiger partial charge in [0.15, 0.2) is 0 Å². The molecule has 1 aromatic heterocycles. The lowest BCUT2D eigenvalue weighted by Crippen LogP contribution is -2.25. The Labute approximate surface area is 170 Å². The van der Waals surface area contributed by atoms with Crippen molar-refractivity contribution in [2.24, 2.45) is 0 Å². The van der Waals surface area contributed by atoms with E-state index in [1.807, 2.05) is 31.2 Å². The first kappa shape index (κ1) is 19.2. The van der Waals surface area contributed by atoms with E-state index in [0.29, 0.717) is 28.6 Å². The van der Waals surface area contributed by atoms with E-state index in [0.717, 1.165) is 35.8 Å². The van der Waals surface area contributed by atoms with Gasteiger partial charge in [0.2, 0.25) is 5.95 Å². The summed E-state index contributed by atoms with van der Waals surface area (Å²) in [6.07, 6.45) is 4.82. The first-order valence-electron chi connectivity index (χ1n) is 10.1. The predicted molar refractivity (Wildman–Crippen MR) is 115 cm³/mol. The summed E-state index contributed by atoms with van der Waals surface area (Å²) >= 11 is 0. The van der Waals surface area contributed by atoms with Crippen LogP contribution in [0.1, 0.15) is 49.0 Å². The fourth-order valence-electron chi connectivity index (χ4n) is 3.23. The highest BCUT2D eigenvalue weighted by Crippen LogP contribution is 2.35.